The van der Waals surface area contributed by atoms with E-state index >= 15 is 0 Å². The van der Waals surface area contributed by atoms with Gasteiger partial charge in [0.25, 0.3) is 5.91 Å². The van der Waals surface area contributed by atoms with Crippen LogP contribution in [-0.4, -0.2) is 23.4 Å². The quantitative estimate of drug-likeness (QED) is 0.596. The van der Waals surface area contributed by atoms with Crippen LogP contribution >= 0.6 is 11.6 Å². The molecule has 0 saturated carbocycles. The van der Waals surface area contributed by atoms with Crippen LogP contribution in [0.5, 0.6) is 0 Å². The molecule has 3 N–H and O–H groups in total. The first-order valence-corrected chi connectivity index (χ1v) is 7.50. The highest BCUT2D eigenvalue weighted by atomic mass is 35.5. The van der Waals surface area contributed by atoms with Crippen molar-refractivity contribution >= 4 is 23.2 Å². The summed E-state index contributed by atoms with van der Waals surface area (Å²) in [5, 5.41) is 0.534. The Morgan fingerprint density at radius 3 is 2.70 bits per heavy atom. The van der Waals surface area contributed by atoms with Gasteiger partial charge < -0.3 is 10.3 Å². The Labute approximate surface area is 126 Å². The highest BCUT2D eigenvalue weighted by Gasteiger charge is 2.22. The van der Waals surface area contributed by atoms with Gasteiger partial charge >= 0.3 is 0 Å². The first-order chi connectivity index (χ1) is 9.54. The number of benzene rings is 1. The van der Waals surface area contributed by atoms with E-state index in [1.54, 1.807) is 18.2 Å². The van der Waals surface area contributed by atoms with Gasteiger partial charge in [-0.25, -0.2) is 0 Å². The summed E-state index contributed by atoms with van der Waals surface area (Å²) in [6.07, 6.45) is 2.96. The van der Waals surface area contributed by atoms with Crippen LogP contribution in [0.4, 0.5) is 5.69 Å². The van der Waals surface area contributed by atoms with Crippen LogP contribution in [0.2, 0.25) is 5.02 Å². The number of nitrogens with two attached hydrogens (primary N) is 1. The van der Waals surface area contributed by atoms with E-state index in [2.05, 4.69) is 26.2 Å². The molecule has 0 radical (unpaired) electrons. The SMILES string of the molecule is CCCCN(C(=O)c1cc(Cl)ccc1NN)C(C)CC. The molecule has 1 amide bonds. The Kier molecular flexibility index (Phi) is 6.82. The van der Waals surface area contributed by atoms with Crippen molar-refractivity contribution in [3.05, 3.63) is 28.8 Å². The predicted molar refractivity (Wildman–Crippen MR) is 85.0 cm³/mol. The van der Waals surface area contributed by atoms with E-state index in [1.165, 1.54) is 0 Å². The van der Waals surface area contributed by atoms with Crippen LogP contribution in [0.3, 0.4) is 0 Å². The maximum atomic E-state index is 12.8. The second-order valence-corrected chi connectivity index (χ2v) is 5.38. The maximum Gasteiger partial charge on any atom is 0.256 e. The van der Waals surface area contributed by atoms with Crippen molar-refractivity contribution in [2.45, 2.75) is 46.1 Å². The molecule has 0 fully saturated rings. The molecule has 1 aromatic rings. The van der Waals surface area contributed by atoms with Gasteiger partial charge in [-0.15, -0.1) is 0 Å². The predicted octanol–water partition coefficient (Wildman–Crippen LogP) is 3.67. The molecule has 0 heterocycles. The Morgan fingerprint density at radius 2 is 2.15 bits per heavy atom. The molecule has 0 aliphatic heterocycles. The molecular formula is C15H24ClN3O. The van der Waals surface area contributed by atoms with Crippen LogP contribution in [-0.2, 0) is 0 Å². The first-order valence-electron chi connectivity index (χ1n) is 7.12. The molecule has 1 aromatic carbocycles. The second-order valence-electron chi connectivity index (χ2n) is 4.94. The third kappa shape index (κ3) is 4.12. The van der Waals surface area contributed by atoms with Crippen molar-refractivity contribution in [1.82, 2.24) is 4.90 Å². The molecular weight excluding hydrogens is 274 g/mol. The fraction of sp³-hybridized carbons (Fsp3) is 0.533. The molecule has 1 atom stereocenters. The molecule has 4 nitrogen and oxygen atoms in total. The number of hydrogen-bond donors (Lipinski definition) is 2. The standard InChI is InChI=1S/C15H24ClN3O/c1-4-6-9-19(11(3)5-2)15(20)13-10-12(16)7-8-14(13)18-17/h7-8,10-11,18H,4-6,9,17H2,1-3H3. The summed E-state index contributed by atoms with van der Waals surface area (Å²) < 4.78 is 0. The second kappa shape index (κ2) is 8.12. The lowest BCUT2D eigenvalue weighted by Gasteiger charge is -2.29. The number of carbonyl (C=O) groups is 1. The topological polar surface area (TPSA) is 58.4 Å². The monoisotopic (exact) mass is 297 g/mol. The van der Waals surface area contributed by atoms with Crippen molar-refractivity contribution < 1.29 is 4.79 Å². The van der Waals surface area contributed by atoms with Crippen molar-refractivity contribution in [2.75, 3.05) is 12.0 Å². The highest BCUT2D eigenvalue weighted by Crippen LogP contribution is 2.23. The average molecular weight is 298 g/mol. The van der Waals surface area contributed by atoms with Crippen molar-refractivity contribution in [3.63, 3.8) is 0 Å². The smallest absolute Gasteiger partial charge is 0.256 e. The zero-order valence-electron chi connectivity index (χ0n) is 12.4. The molecule has 0 bridgehead atoms. The van der Waals surface area contributed by atoms with Gasteiger partial charge in [-0.2, -0.15) is 0 Å². The number of carbonyl (C=O) groups excluding carboxylic acids is 1. The number of amides is 1. The summed E-state index contributed by atoms with van der Waals surface area (Å²) in [5.74, 6) is 5.46. The third-order valence-corrected chi connectivity index (χ3v) is 3.74. The van der Waals surface area contributed by atoms with Crippen LogP contribution in [0.15, 0.2) is 18.2 Å². The number of unbranched alkanes of at least 4 members (excludes halogenated alkanes) is 1. The molecule has 1 unspecified atom stereocenters. The number of nitrogens with zero attached hydrogens (tertiary/aromatic N) is 1. The van der Waals surface area contributed by atoms with E-state index in [4.69, 9.17) is 17.4 Å². The molecule has 0 aliphatic carbocycles. The summed E-state index contributed by atoms with van der Waals surface area (Å²) in [7, 11) is 0. The summed E-state index contributed by atoms with van der Waals surface area (Å²) in [6, 6.07) is 5.30. The molecule has 0 aliphatic rings. The zero-order chi connectivity index (χ0) is 15.1. The van der Waals surface area contributed by atoms with Crippen LogP contribution in [0.25, 0.3) is 0 Å². The number of nitrogens with one attached hydrogen (secondary N) is 1. The lowest BCUT2D eigenvalue weighted by atomic mass is 10.1. The number of hydrogen-bond acceptors (Lipinski definition) is 3. The van der Waals surface area contributed by atoms with Gasteiger partial charge in [0.2, 0.25) is 0 Å². The van der Waals surface area contributed by atoms with Gasteiger partial charge in [-0.05, 0) is 38.0 Å². The fourth-order valence-corrected chi connectivity index (χ4v) is 2.22. The van der Waals surface area contributed by atoms with Gasteiger partial charge in [-0.3, -0.25) is 10.6 Å². The number of halogens is 1. The number of anilines is 1. The van der Waals surface area contributed by atoms with Gasteiger partial charge in [0.1, 0.15) is 0 Å². The zero-order valence-corrected chi connectivity index (χ0v) is 13.2. The van der Waals surface area contributed by atoms with Crippen LogP contribution in [0.1, 0.15) is 50.4 Å². The van der Waals surface area contributed by atoms with E-state index in [0.29, 0.717) is 16.3 Å². The molecule has 5 heteroatoms. The fourth-order valence-electron chi connectivity index (χ4n) is 2.04. The summed E-state index contributed by atoms with van der Waals surface area (Å²) in [5.41, 5.74) is 3.69. The number of hydrazine groups is 1. The minimum atomic E-state index is -0.0248. The van der Waals surface area contributed by atoms with Gasteiger partial charge in [-0.1, -0.05) is 31.9 Å². The van der Waals surface area contributed by atoms with E-state index in [1.807, 2.05) is 4.90 Å². The third-order valence-electron chi connectivity index (χ3n) is 3.50. The Balaban J connectivity index is 3.07. The minimum Gasteiger partial charge on any atom is -0.336 e. The van der Waals surface area contributed by atoms with E-state index < -0.39 is 0 Å². The van der Waals surface area contributed by atoms with E-state index in [0.717, 1.165) is 25.8 Å². The summed E-state index contributed by atoms with van der Waals surface area (Å²) in [6.45, 7) is 7.01. The Bertz CT molecular complexity index is 451. The van der Waals surface area contributed by atoms with Crippen molar-refractivity contribution in [3.8, 4) is 0 Å². The minimum absolute atomic E-state index is 0.0248. The molecule has 0 spiro atoms. The van der Waals surface area contributed by atoms with Crippen LogP contribution < -0.4 is 11.3 Å². The molecule has 20 heavy (non-hydrogen) atoms. The van der Waals surface area contributed by atoms with E-state index in [-0.39, 0.29) is 11.9 Å². The van der Waals surface area contributed by atoms with Crippen molar-refractivity contribution in [1.29, 1.82) is 0 Å². The summed E-state index contributed by atoms with van der Waals surface area (Å²) >= 11 is 6.00. The van der Waals surface area contributed by atoms with Gasteiger partial charge in [0, 0.05) is 17.6 Å². The molecule has 0 aromatic heterocycles. The van der Waals surface area contributed by atoms with Crippen molar-refractivity contribution in [2.24, 2.45) is 5.84 Å². The Morgan fingerprint density at radius 1 is 1.45 bits per heavy atom. The summed E-state index contributed by atoms with van der Waals surface area (Å²) in [4.78, 5) is 14.7. The highest BCUT2D eigenvalue weighted by molar-refractivity contribution is 6.31. The first kappa shape index (κ1) is 16.8. The van der Waals surface area contributed by atoms with Gasteiger partial charge in [0.05, 0.1) is 11.3 Å². The Hall–Kier alpha value is -1.26. The lowest BCUT2D eigenvalue weighted by Crippen LogP contribution is -2.39. The molecule has 1 rings (SSSR count). The largest absolute Gasteiger partial charge is 0.336 e. The molecule has 112 valence electrons. The molecule has 0 saturated heterocycles. The van der Waals surface area contributed by atoms with Crippen LogP contribution in [0, 0.1) is 0 Å². The lowest BCUT2D eigenvalue weighted by molar-refractivity contribution is 0.0686. The van der Waals surface area contributed by atoms with Gasteiger partial charge in [0.15, 0.2) is 0 Å². The number of rotatable bonds is 7. The maximum absolute atomic E-state index is 12.8. The van der Waals surface area contributed by atoms with E-state index in [9.17, 15) is 4.79 Å². The normalized spacial score (nSPS) is 12.1. The number of nitrogen functional groups attached to an aromatic ring is 1. The average Bonchev–Trinajstić information content (AvgIpc) is 2.46.